The molecule has 0 fully saturated rings. The van der Waals surface area contributed by atoms with Gasteiger partial charge in [0, 0.05) is 6.61 Å². The Morgan fingerprint density at radius 2 is 1.95 bits per heavy atom. The summed E-state index contributed by atoms with van der Waals surface area (Å²) in [4.78, 5) is 0. The Morgan fingerprint density at radius 3 is 2.57 bits per heavy atom. The summed E-state index contributed by atoms with van der Waals surface area (Å²) in [6.45, 7) is 2.15. The molecule has 0 saturated heterocycles. The first-order valence-corrected chi connectivity index (χ1v) is 6.99. The molecule has 1 aromatic rings. The third-order valence-electron chi connectivity index (χ3n) is 2.63. The zero-order valence-electron chi connectivity index (χ0n) is 11.7. The molecular formula is C15H18ClF3O2. The number of rotatable bonds is 8. The van der Waals surface area contributed by atoms with Gasteiger partial charge in [-0.15, -0.1) is 0 Å². The minimum absolute atomic E-state index is 0.0188. The molecule has 2 nitrogen and oxygen atoms in total. The first-order valence-electron chi connectivity index (χ1n) is 6.62. The van der Waals surface area contributed by atoms with E-state index in [-0.39, 0.29) is 12.7 Å². The van der Waals surface area contributed by atoms with Gasteiger partial charge in [0.1, 0.15) is 10.8 Å². The van der Waals surface area contributed by atoms with Crippen molar-refractivity contribution in [3.63, 3.8) is 0 Å². The van der Waals surface area contributed by atoms with E-state index >= 15 is 0 Å². The van der Waals surface area contributed by atoms with E-state index in [9.17, 15) is 13.2 Å². The van der Waals surface area contributed by atoms with Crippen LogP contribution in [0.4, 0.5) is 13.2 Å². The van der Waals surface area contributed by atoms with E-state index in [0.717, 1.165) is 18.2 Å². The number of hydrogen-bond donors (Lipinski definition) is 0. The average molecular weight is 323 g/mol. The van der Waals surface area contributed by atoms with Gasteiger partial charge in [0.2, 0.25) is 0 Å². The van der Waals surface area contributed by atoms with Gasteiger partial charge in [-0.25, -0.2) is 0 Å². The van der Waals surface area contributed by atoms with Crippen molar-refractivity contribution in [1.29, 1.82) is 0 Å². The molecule has 0 aliphatic rings. The van der Waals surface area contributed by atoms with Crippen LogP contribution in [0.3, 0.4) is 0 Å². The lowest BCUT2D eigenvalue weighted by atomic mass is 10.2. The number of para-hydroxylation sites is 1. The van der Waals surface area contributed by atoms with Crippen LogP contribution >= 0.6 is 11.6 Å². The normalized spacial score (nSPS) is 14.0. The maximum atomic E-state index is 12.1. The van der Waals surface area contributed by atoms with E-state index < -0.39 is 11.2 Å². The first-order chi connectivity index (χ1) is 9.89. The fourth-order valence-electron chi connectivity index (χ4n) is 1.59. The van der Waals surface area contributed by atoms with Gasteiger partial charge in [-0.3, -0.25) is 0 Å². The summed E-state index contributed by atoms with van der Waals surface area (Å²) < 4.78 is 46.9. The van der Waals surface area contributed by atoms with Gasteiger partial charge >= 0.3 is 6.18 Å². The zero-order valence-corrected chi connectivity index (χ0v) is 12.5. The van der Waals surface area contributed by atoms with Gasteiger partial charge in [0.05, 0.1) is 12.7 Å². The van der Waals surface area contributed by atoms with Crippen molar-refractivity contribution in [2.24, 2.45) is 0 Å². The van der Waals surface area contributed by atoms with Gasteiger partial charge in [0.15, 0.2) is 0 Å². The van der Waals surface area contributed by atoms with Crippen LogP contribution in [0.2, 0.25) is 0 Å². The molecule has 1 atom stereocenters. The quantitative estimate of drug-likeness (QED) is 0.631. The molecule has 0 aliphatic heterocycles. The van der Waals surface area contributed by atoms with Crippen LogP contribution < -0.4 is 4.74 Å². The van der Waals surface area contributed by atoms with Gasteiger partial charge in [-0.1, -0.05) is 29.8 Å². The summed E-state index contributed by atoms with van der Waals surface area (Å²) in [7, 11) is 0. The van der Waals surface area contributed by atoms with Crippen molar-refractivity contribution in [2.75, 3.05) is 13.2 Å². The molecule has 1 aromatic carbocycles. The Labute approximate surface area is 127 Å². The van der Waals surface area contributed by atoms with Crippen LogP contribution in [0.15, 0.2) is 41.4 Å². The molecule has 0 amide bonds. The second-order valence-corrected chi connectivity index (χ2v) is 4.92. The summed E-state index contributed by atoms with van der Waals surface area (Å²) >= 11 is 5.05. The van der Waals surface area contributed by atoms with Crippen LogP contribution in [-0.2, 0) is 4.74 Å². The largest absolute Gasteiger partial charge is 0.491 e. The summed E-state index contributed by atoms with van der Waals surface area (Å²) in [6.07, 6.45) is -2.20. The molecule has 0 aromatic heterocycles. The molecule has 0 spiro atoms. The van der Waals surface area contributed by atoms with E-state index in [1.807, 2.05) is 37.3 Å². The van der Waals surface area contributed by atoms with Gasteiger partial charge in [-0.2, -0.15) is 13.2 Å². The fraction of sp³-hybridized carbons (Fsp3) is 0.467. The van der Waals surface area contributed by atoms with Gasteiger partial charge < -0.3 is 9.47 Å². The highest BCUT2D eigenvalue weighted by Crippen LogP contribution is 2.28. The van der Waals surface area contributed by atoms with E-state index in [4.69, 9.17) is 21.1 Å². The molecule has 0 heterocycles. The summed E-state index contributed by atoms with van der Waals surface area (Å²) in [5.74, 6) is 0.797. The van der Waals surface area contributed by atoms with Crippen molar-refractivity contribution in [3.8, 4) is 5.75 Å². The maximum Gasteiger partial charge on any atom is 0.426 e. The van der Waals surface area contributed by atoms with Crippen molar-refractivity contribution < 1.29 is 22.6 Å². The molecule has 1 rings (SSSR count). The van der Waals surface area contributed by atoms with Gasteiger partial charge in [-0.05, 0) is 38.0 Å². The maximum absolute atomic E-state index is 12.1. The van der Waals surface area contributed by atoms with E-state index in [1.165, 1.54) is 0 Å². The van der Waals surface area contributed by atoms with Gasteiger partial charge in [0.25, 0.3) is 0 Å². The average Bonchev–Trinajstić information content (AvgIpc) is 2.42. The number of allylic oxidation sites excluding steroid dienone is 1. The Balaban J connectivity index is 2.12. The highest BCUT2D eigenvalue weighted by Gasteiger charge is 2.31. The zero-order chi connectivity index (χ0) is 15.7. The molecule has 6 heteroatoms. The Morgan fingerprint density at radius 1 is 1.29 bits per heavy atom. The molecular weight excluding hydrogens is 305 g/mol. The first kappa shape index (κ1) is 17.9. The lowest BCUT2D eigenvalue weighted by Crippen LogP contribution is -2.13. The number of ether oxygens (including phenoxy) is 2. The number of benzene rings is 1. The predicted octanol–water partition coefficient (Wildman–Crippen LogP) is 4.94. The summed E-state index contributed by atoms with van der Waals surface area (Å²) in [5, 5.41) is -1.15. The topological polar surface area (TPSA) is 18.5 Å². The smallest absolute Gasteiger partial charge is 0.426 e. The third kappa shape index (κ3) is 7.97. The Kier molecular flexibility index (Phi) is 7.61. The number of hydrogen-bond acceptors (Lipinski definition) is 2. The standard InChI is InChI=1S/C15H18ClF3O2/c1-12(21-13-7-3-2-4-8-13)6-5-10-20-11-9-14(16)15(17,18)19/h2-4,7-9,12H,5-6,10-11H2,1H3. The van der Waals surface area contributed by atoms with Crippen LogP contribution in [0.25, 0.3) is 0 Å². The molecule has 21 heavy (non-hydrogen) atoms. The van der Waals surface area contributed by atoms with E-state index in [1.54, 1.807) is 0 Å². The molecule has 0 aliphatic carbocycles. The molecule has 1 unspecified atom stereocenters. The van der Waals surface area contributed by atoms with Crippen LogP contribution in [0.1, 0.15) is 19.8 Å². The van der Waals surface area contributed by atoms with Crippen LogP contribution in [0.5, 0.6) is 5.75 Å². The molecule has 0 bridgehead atoms. The van der Waals surface area contributed by atoms with E-state index in [2.05, 4.69) is 0 Å². The monoisotopic (exact) mass is 322 g/mol. The second-order valence-electron chi connectivity index (χ2n) is 4.51. The molecule has 0 N–H and O–H groups in total. The minimum Gasteiger partial charge on any atom is -0.491 e. The van der Waals surface area contributed by atoms with Crippen molar-refractivity contribution in [2.45, 2.75) is 32.0 Å². The molecule has 118 valence electrons. The SMILES string of the molecule is CC(CCCOCC=C(Cl)C(F)(F)F)Oc1ccccc1. The van der Waals surface area contributed by atoms with E-state index in [0.29, 0.717) is 13.0 Å². The number of alkyl halides is 3. The van der Waals surface area contributed by atoms with Crippen molar-refractivity contribution >= 4 is 11.6 Å². The lowest BCUT2D eigenvalue weighted by Gasteiger charge is -2.14. The fourth-order valence-corrected chi connectivity index (χ4v) is 1.66. The Hall–Kier alpha value is -1.20. The van der Waals surface area contributed by atoms with Crippen molar-refractivity contribution in [3.05, 3.63) is 41.4 Å². The summed E-state index contributed by atoms with van der Waals surface area (Å²) in [6, 6.07) is 9.43. The number of halogens is 4. The van der Waals surface area contributed by atoms with Crippen molar-refractivity contribution in [1.82, 2.24) is 0 Å². The summed E-state index contributed by atoms with van der Waals surface area (Å²) in [5.41, 5.74) is 0. The molecule has 0 radical (unpaired) electrons. The molecule has 0 saturated carbocycles. The van der Waals surface area contributed by atoms with Crippen LogP contribution in [0, 0.1) is 0 Å². The third-order valence-corrected chi connectivity index (χ3v) is 3.00. The highest BCUT2D eigenvalue weighted by molar-refractivity contribution is 6.30. The lowest BCUT2D eigenvalue weighted by molar-refractivity contribution is -0.0850. The predicted molar refractivity (Wildman–Crippen MR) is 76.6 cm³/mol. The Bertz CT molecular complexity index is 432. The highest BCUT2D eigenvalue weighted by atomic mass is 35.5. The van der Waals surface area contributed by atoms with Crippen LogP contribution in [-0.4, -0.2) is 25.5 Å². The minimum atomic E-state index is -4.50. The second kappa shape index (κ2) is 8.95.